The molecule has 2 heterocycles. The molecule has 5 heteroatoms. The Labute approximate surface area is 122 Å². The fourth-order valence-electron chi connectivity index (χ4n) is 2.35. The van der Waals surface area contributed by atoms with E-state index in [1.54, 1.807) is 0 Å². The van der Waals surface area contributed by atoms with E-state index in [-0.39, 0.29) is 6.10 Å². The fourth-order valence-corrected chi connectivity index (χ4v) is 4.13. The molecule has 1 aromatic rings. The standard InChI is InChI=1S/C13H21BrN2OS/c1-4-15-8-11-13(16(3)5-6-17-11)12-7-10(14)9(2)18-12/h7,11,13,15H,4-6,8H2,1-3H3. The molecule has 0 aliphatic carbocycles. The molecular weight excluding hydrogens is 312 g/mol. The average Bonchev–Trinajstić information content (AvgIpc) is 2.66. The number of hydrogen-bond donors (Lipinski definition) is 1. The normalized spacial score (nSPS) is 25.6. The van der Waals surface area contributed by atoms with E-state index in [2.05, 4.69) is 53.1 Å². The van der Waals surface area contributed by atoms with E-state index >= 15 is 0 Å². The first-order valence-electron chi connectivity index (χ1n) is 6.42. The van der Waals surface area contributed by atoms with Crippen LogP contribution in [0.5, 0.6) is 0 Å². The highest BCUT2D eigenvalue weighted by Gasteiger charge is 2.32. The smallest absolute Gasteiger partial charge is 0.0904 e. The van der Waals surface area contributed by atoms with Gasteiger partial charge in [0.25, 0.3) is 0 Å². The van der Waals surface area contributed by atoms with Gasteiger partial charge in [0.15, 0.2) is 0 Å². The molecule has 0 saturated carbocycles. The zero-order valence-electron chi connectivity index (χ0n) is 11.2. The quantitative estimate of drug-likeness (QED) is 0.917. The Morgan fingerprint density at radius 1 is 1.61 bits per heavy atom. The van der Waals surface area contributed by atoms with Gasteiger partial charge in [0, 0.05) is 27.3 Å². The van der Waals surface area contributed by atoms with E-state index in [1.807, 2.05) is 11.3 Å². The molecule has 1 aliphatic heterocycles. The van der Waals surface area contributed by atoms with Crippen LogP contribution < -0.4 is 5.32 Å². The summed E-state index contributed by atoms with van der Waals surface area (Å²) in [6.45, 7) is 8.02. The third-order valence-corrected chi connectivity index (χ3v) is 5.57. The number of aryl methyl sites for hydroxylation is 1. The number of rotatable bonds is 4. The van der Waals surface area contributed by atoms with Crippen molar-refractivity contribution in [1.29, 1.82) is 0 Å². The third-order valence-electron chi connectivity index (χ3n) is 3.37. The van der Waals surface area contributed by atoms with Crippen LogP contribution in [0.1, 0.15) is 22.7 Å². The van der Waals surface area contributed by atoms with Crippen molar-refractivity contribution in [3.63, 3.8) is 0 Å². The number of halogens is 1. The van der Waals surface area contributed by atoms with Crippen LogP contribution in [0.25, 0.3) is 0 Å². The molecule has 0 bridgehead atoms. The summed E-state index contributed by atoms with van der Waals surface area (Å²) in [5, 5.41) is 3.40. The summed E-state index contributed by atoms with van der Waals surface area (Å²) < 4.78 is 7.17. The number of nitrogens with zero attached hydrogens (tertiary/aromatic N) is 1. The first-order valence-corrected chi connectivity index (χ1v) is 8.02. The second-order valence-electron chi connectivity index (χ2n) is 4.70. The summed E-state index contributed by atoms with van der Waals surface area (Å²) in [5.74, 6) is 0. The topological polar surface area (TPSA) is 24.5 Å². The summed E-state index contributed by atoms with van der Waals surface area (Å²) in [5.41, 5.74) is 0. The zero-order valence-corrected chi connectivity index (χ0v) is 13.6. The van der Waals surface area contributed by atoms with Crippen molar-refractivity contribution in [2.24, 2.45) is 0 Å². The lowest BCUT2D eigenvalue weighted by Gasteiger charge is -2.38. The van der Waals surface area contributed by atoms with Gasteiger partial charge in [-0.25, -0.2) is 0 Å². The number of thiophene rings is 1. The SMILES string of the molecule is CCNCC1OCCN(C)C1c1cc(Br)c(C)s1. The summed E-state index contributed by atoms with van der Waals surface area (Å²) >= 11 is 5.48. The molecule has 3 nitrogen and oxygen atoms in total. The molecule has 2 atom stereocenters. The number of morpholine rings is 1. The van der Waals surface area contributed by atoms with Crippen molar-refractivity contribution in [2.75, 3.05) is 33.3 Å². The summed E-state index contributed by atoms with van der Waals surface area (Å²) in [6.07, 6.45) is 0.244. The van der Waals surface area contributed by atoms with Crippen LogP contribution in [0.4, 0.5) is 0 Å². The van der Waals surface area contributed by atoms with Gasteiger partial charge >= 0.3 is 0 Å². The van der Waals surface area contributed by atoms with Crippen LogP contribution in [0, 0.1) is 6.92 Å². The molecule has 2 rings (SSSR count). The molecule has 1 saturated heterocycles. The predicted molar refractivity (Wildman–Crippen MR) is 80.4 cm³/mol. The van der Waals surface area contributed by atoms with E-state index in [4.69, 9.17) is 4.74 Å². The minimum Gasteiger partial charge on any atom is -0.374 e. The molecule has 0 spiro atoms. The maximum absolute atomic E-state index is 5.95. The van der Waals surface area contributed by atoms with E-state index in [0.29, 0.717) is 6.04 Å². The molecule has 1 aliphatic rings. The van der Waals surface area contributed by atoms with Gasteiger partial charge in [-0.05, 0) is 42.5 Å². The van der Waals surface area contributed by atoms with Gasteiger partial charge in [-0.2, -0.15) is 0 Å². The van der Waals surface area contributed by atoms with Crippen LogP contribution in [0.3, 0.4) is 0 Å². The van der Waals surface area contributed by atoms with E-state index in [0.717, 1.165) is 26.2 Å². The number of hydrogen-bond acceptors (Lipinski definition) is 4. The molecule has 1 aromatic heterocycles. The van der Waals surface area contributed by atoms with Gasteiger partial charge in [0.2, 0.25) is 0 Å². The molecular formula is C13H21BrN2OS. The average molecular weight is 333 g/mol. The highest BCUT2D eigenvalue weighted by atomic mass is 79.9. The molecule has 18 heavy (non-hydrogen) atoms. The van der Waals surface area contributed by atoms with Gasteiger partial charge in [-0.1, -0.05) is 6.92 Å². The van der Waals surface area contributed by atoms with Crippen molar-refractivity contribution in [2.45, 2.75) is 26.0 Å². The lowest BCUT2D eigenvalue weighted by Crippen LogP contribution is -2.47. The molecule has 0 aromatic carbocycles. The zero-order chi connectivity index (χ0) is 13.1. The monoisotopic (exact) mass is 332 g/mol. The highest BCUT2D eigenvalue weighted by Crippen LogP contribution is 2.36. The first-order chi connectivity index (χ1) is 8.63. The van der Waals surface area contributed by atoms with Gasteiger partial charge in [0.1, 0.15) is 0 Å². The molecule has 102 valence electrons. The maximum atomic E-state index is 5.95. The van der Waals surface area contributed by atoms with Gasteiger partial charge in [0.05, 0.1) is 18.8 Å². The summed E-state index contributed by atoms with van der Waals surface area (Å²) in [4.78, 5) is 5.14. The van der Waals surface area contributed by atoms with Crippen molar-refractivity contribution in [3.05, 3.63) is 20.3 Å². The van der Waals surface area contributed by atoms with Gasteiger partial charge < -0.3 is 10.1 Å². The van der Waals surface area contributed by atoms with Crippen LogP contribution in [0.2, 0.25) is 0 Å². The summed E-state index contributed by atoms with van der Waals surface area (Å²) in [7, 11) is 2.19. The van der Waals surface area contributed by atoms with E-state index in [9.17, 15) is 0 Å². The highest BCUT2D eigenvalue weighted by molar-refractivity contribution is 9.10. The Morgan fingerprint density at radius 3 is 3.00 bits per heavy atom. The van der Waals surface area contributed by atoms with Crippen LogP contribution in [-0.2, 0) is 4.74 Å². The van der Waals surface area contributed by atoms with Crippen LogP contribution in [-0.4, -0.2) is 44.3 Å². The van der Waals surface area contributed by atoms with Crippen LogP contribution >= 0.6 is 27.3 Å². The predicted octanol–water partition coefficient (Wildman–Crippen LogP) is 2.80. The van der Waals surface area contributed by atoms with Crippen molar-refractivity contribution < 1.29 is 4.74 Å². The Kier molecular flexibility index (Phi) is 5.21. The molecule has 0 amide bonds. The molecule has 1 N–H and O–H groups in total. The number of ether oxygens (including phenoxy) is 1. The fraction of sp³-hybridized carbons (Fsp3) is 0.692. The Balaban J connectivity index is 2.18. The van der Waals surface area contributed by atoms with Gasteiger partial charge in [-0.3, -0.25) is 4.90 Å². The minimum absolute atomic E-state index is 0.244. The van der Waals surface area contributed by atoms with E-state index < -0.39 is 0 Å². The van der Waals surface area contributed by atoms with Gasteiger partial charge in [-0.15, -0.1) is 11.3 Å². The first kappa shape index (κ1) is 14.5. The Bertz CT molecular complexity index is 377. The third kappa shape index (κ3) is 3.14. The second kappa shape index (κ2) is 6.48. The Hall–Kier alpha value is 0.0600. The van der Waals surface area contributed by atoms with Crippen molar-refractivity contribution in [1.82, 2.24) is 10.2 Å². The van der Waals surface area contributed by atoms with Crippen molar-refractivity contribution >= 4 is 27.3 Å². The lowest BCUT2D eigenvalue weighted by atomic mass is 10.1. The second-order valence-corrected chi connectivity index (χ2v) is 6.84. The van der Waals surface area contributed by atoms with E-state index in [1.165, 1.54) is 14.2 Å². The molecule has 1 fully saturated rings. The number of nitrogens with one attached hydrogen (secondary N) is 1. The largest absolute Gasteiger partial charge is 0.374 e. The lowest BCUT2D eigenvalue weighted by molar-refractivity contribution is -0.0600. The molecule has 0 radical (unpaired) electrons. The molecule has 2 unspecified atom stereocenters. The maximum Gasteiger partial charge on any atom is 0.0904 e. The summed E-state index contributed by atoms with van der Waals surface area (Å²) in [6, 6.07) is 2.61. The minimum atomic E-state index is 0.244. The van der Waals surface area contributed by atoms with Crippen LogP contribution in [0.15, 0.2) is 10.5 Å². The Morgan fingerprint density at radius 2 is 2.39 bits per heavy atom. The number of likely N-dealkylation sites (N-methyl/N-ethyl adjacent to an activating group) is 2. The van der Waals surface area contributed by atoms with Crippen molar-refractivity contribution in [3.8, 4) is 0 Å².